The van der Waals surface area contributed by atoms with Crippen LogP contribution in [0.1, 0.15) is 0 Å². The van der Waals surface area contributed by atoms with E-state index in [9.17, 15) is 0 Å². The van der Waals surface area contributed by atoms with Crippen molar-refractivity contribution in [1.82, 2.24) is 0 Å². The maximum absolute atomic E-state index is 5.42. The predicted octanol–water partition coefficient (Wildman–Crippen LogP) is 1.73. The van der Waals surface area contributed by atoms with Gasteiger partial charge in [-0.2, -0.15) is 0 Å². The van der Waals surface area contributed by atoms with E-state index in [1.807, 2.05) is 12.1 Å². The Labute approximate surface area is 102 Å². The highest BCUT2D eigenvalue weighted by Crippen LogP contribution is 2.17. The summed E-state index contributed by atoms with van der Waals surface area (Å²) < 4.78 is 15.7. The largest absolute Gasteiger partial charge is 0.491 e. The molecule has 3 nitrogen and oxygen atoms in total. The van der Waals surface area contributed by atoms with Crippen molar-refractivity contribution < 1.29 is 14.2 Å². The highest BCUT2D eigenvalue weighted by molar-refractivity contribution is 5.31. The third-order valence-corrected chi connectivity index (χ3v) is 1.83. The van der Waals surface area contributed by atoms with Crippen LogP contribution < -0.4 is 9.47 Å². The summed E-state index contributed by atoms with van der Waals surface area (Å²) in [5, 5.41) is 0. The van der Waals surface area contributed by atoms with Crippen LogP contribution in [0.5, 0.6) is 11.5 Å². The van der Waals surface area contributed by atoms with Crippen LogP contribution in [-0.4, -0.2) is 26.4 Å². The molecule has 0 bridgehead atoms. The van der Waals surface area contributed by atoms with Crippen LogP contribution in [0.3, 0.4) is 0 Å². The molecule has 0 fully saturated rings. The van der Waals surface area contributed by atoms with Crippen LogP contribution in [-0.2, 0) is 4.74 Å². The molecule has 0 aliphatic heterocycles. The van der Waals surface area contributed by atoms with Gasteiger partial charge in [0, 0.05) is 0 Å². The predicted molar refractivity (Wildman–Crippen MR) is 65.9 cm³/mol. The van der Waals surface area contributed by atoms with E-state index < -0.39 is 0 Å². The average Bonchev–Trinajstić information content (AvgIpc) is 2.37. The van der Waals surface area contributed by atoms with Gasteiger partial charge < -0.3 is 14.2 Å². The van der Waals surface area contributed by atoms with E-state index in [4.69, 9.17) is 27.1 Å². The maximum Gasteiger partial charge on any atom is 0.148 e. The number of benzene rings is 1. The summed E-state index contributed by atoms with van der Waals surface area (Å²) in [4.78, 5) is 0. The fourth-order valence-electron chi connectivity index (χ4n) is 1.11. The number of ether oxygens (including phenoxy) is 3. The summed E-state index contributed by atoms with van der Waals surface area (Å²) >= 11 is 0. The molecule has 1 aromatic rings. The average molecular weight is 230 g/mol. The first-order valence-corrected chi connectivity index (χ1v) is 5.17. The van der Waals surface area contributed by atoms with Gasteiger partial charge in [-0.1, -0.05) is 11.8 Å². The summed E-state index contributed by atoms with van der Waals surface area (Å²) in [6, 6.07) is 7.23. The Morgan fingerprint density at radius 2 is 1.41 bits per heavy atom. The molecule has 0 amide bonds. The Morgan fingerprint density at radius 1 is 0.824 bits per heavy atom. The molecule has 3 heteroatoms. The molecule has 0 saturated heterocycles. The lowest BCUT2D eigenvalue weighted by Gasteiger charge is -2.07. The van der Waals surface area contributed by atoms with Crippen molar-refractivity contribution in [3.63, 3.8) is 0 Å². The minimum Gasteiger partial charge on any atom is -0.491 e. The molecule has 0 unspecified atom stereocenters. The van der Waals surface area contributed by atoms with Crippen molar-refractivity contribution in [2.75, 3.05) is 26.4 Å². The Balaban J connectivity index is 2.26. The monoisotopic (exact) mass is 230 g/mol. The van der Waals surface area contributed by atoms with Crippen molar-refractivity contribution in [2.45, 2.75) is 0 Å². The van der Waals surface area contributed by atoms with Crippen LogP contribution in [0, 0.1) is 24.7 Å². The number of terminal acetylenes is 2. The maximum atomic E-state index is 5.42. The molecule has 0 radical (unpaired) electrons. The van der Waals surface area contributed by atoms with Crippen molar-refractivity contribution in [3.05, 3.63) is 24.3 Å². The topological polar surface area (TPSA) is 27.7 Å². The third-order valence-electron chi connectivity index (χ3n) is 1.83. The minimum absolute atomic E-state index is 0.264. The molecule has 0 N–H and O–H groups in total. The summed E-state index contributed by atoms with van der Waals surface area (Å²) in [7, 11) is 0. The highest BCUT2D eigenvalue weighted by Gasteiger charge is 1.95. The van der Waals surface area contributed by atoms with Gasteiger partial charge in [-0.25, -0.2) is 0 Å². The quantitative estimate of drug-likeness (QED) is 0.527. The van der Waals surface area contributed by atoms with E-state index in [2.05, 4.69) is 11.8 Å². The number of hydrogen-bond donors (Lipinski definition) is 0. The van der Waals surface area contributed by atoms with E-state index in [0.717, 1.165) is 11.5 Å². The lowest BCUT2D eigenvalue weighted by atomic mass is 10.3. The molecule has 0 heterocycles. The summed E-state index contributed by atoms with van der Waals surface area (Å²) in [5.41, 5.74) is 0. The molecule has 0 atom stereocenters. The highest BCUT2D eigenvalue weighted by atomic mass is 16.5. The lowest BCUT2D eigenvalue weighted by Crippen LogP contribution is -2.06. The van der Waals surface area contributed by atoms with Crippen LogP contribution in [0.2, 0.25) is 0 Å². The molecule has 0 aliphatic carbocycles. The molecule has 0 spiro atoms. The summed E-state index contributed by atoms with van der Waals surface area (Å²) in [5.74, 6) is 6.25. The van der Waals surface area contributed by atoms with Gasteiger partial charge in [-0.05, 0) is 24.3 Å². The van der Waals surface area contributed by atoms with Gasteiger partial charge in [0.05, 0.1) is 6.61 Å². The second kappa shape index (κ2) is 8.10. The molecule has 88 valence electrons. The Bertz CT molecular complexity index is 395. The normalized spacial score (nSPS) is 9.06. The van der Waals surface area contributed by atoms with Crippen LogP contribution in [0.4, 0.5) is 0 Å². The number of rotatable bonds is 7. The van der Waals surface area contributed by atoms with Crippen molar-refractivity contribution in [2.24, 2.45) is 0 Å². The summed E-state index contributed by atoms with van der Waals surface area (Å²) in [6.07, 6.45) is 10.1. The molecular formula is C14H14O3. The fraction of sp³-hybridized carbons (Fsp3) is 0.286. The SMILES string of the molecule is C#CCOCCOc1ccc(OCC#C)cc1. The van der Waals surface area contributed by atoms with Gasteiger partial charge >= 0.3 is 0 Å². The Hall–Kier alpha value is -2.10. The van der Waals surface area contributed by atoms with E-state index in [1.54, 1.807) is 12.1 Å². The third kappa shape index (κ3) is 5.51. The number of hydrogen-bond acceptors (Lipinski definition) is 3. The van der Waals surface area contributed by atoms with E-state index >= 15 is 0 Å². The van der Waals surface area contributed by atoms with E-state index in [-0.39, 0.29) is 6.61 Å². The molecule has 1 rings (SSSR count). The van der Waals surface area contributed by atoms with Crippen molar-refractivity contribution in [3.8, 4) is 36.2 Å². The first-order valence-electron chi connectivity index (χ1n) is 5.17. The Kier molecular flexibility index (Phi) is 6.18. The van der Waals surface area contributed by atoms with Gasteiger partial charge in [0.15, 0.2) is 0 Å². The lowest BCUT2D eigenvalue weighted by molar-refractivity contribution is 0.124. The minimum atomic E-state index is 0.264. The second-order valence-corrected chi connectivity index (χ2v) is 3.07. The van der Waals surface area contributed by atoms with Gasteiger partial charge in [-0.3, -0.25) is 0 Å². The van der Waals surface area contributed by atoms with E-state index in [0.29, 0.717) is 19.8 Å². The van der Waals surface area contributed by atoms with Crippen LogP contribution in [0.15, 0.2) is 24.3 Å². The van der Waals surface area contributed by atoms with Gasteiger partial charge in [0.1, 0.15) is 31.3 Å². The fourth-order valence-corrected chi connectivity index (χ4v) is 1.11. The molecule has 1 aromatic carbocycles. The van der Waals surface area contributed by atoms with Crippen LogP contribution >= 0.6 is 0 Å². The van der Waals surface area contributed by atoms with Gasteiger partial charge in [-0.15, -0.1) is 12.8 Å². The zero-order valence-electron chi connectivity index (χ0n) is 9.52. The zero-order chi connectivity index (χ0) is 12.3. The van der Waals surface area contributed by atoms with Crippen molar-refractivity contribution in [1.29, 1.82) is 0 Å². The zero-order valence-corrected chi connectivity index (χ0v) is 9.52. The molecular weight excluding hydrogens is 216 g/mol. The smallest absolute Gasteiger partial charge is 0.148 e. The standard InChI is InChI=1S/C14H14O3/c1-3-9-15-11-12-17-14-7-5-13(6-8-14)16-10-4-2/h1-2,5-8H,9-12H2. The van der Waals surface area contributed by atoms with Crippen molar-refractivity contribution >= 4 is 0 Å². The molecule has 0 aliphatic rings. The molecule has 0 saturated carbocycles. The van der Waals surface area contributed by atoms with Gasteiger partial charge in [0.25, 0.3) is 0 Å². The first-order chi connectivity index (χ1) is 8.36. The molecule has 17 heavy (non-hydrogen) atoms. The molecule has 0 aromatic heterocycles. The van der Waals surface area contributed by atoms with E-state index in [1.165, 1.54) is 0 Å². The second-order valence-electron chi connectivity index (χ2n) is 3.07. The Morgan fingerprint density at radius 3 is 2.00 bits per heavy atom. The van der Waals surface area contributed by atoms with Gasteiger partial charge in [0.2, 0.25) is 0 Å². The summed E-state index contributed by atoms with van der Waals surface area (Å²) in [6.45, 7) is 1.51. The first kappa shape index (κ1) is 13.0. The van der Waals surface area contributed by atoms with Crippen LogP contribution in [0.25, 0.3) is 0 Å².